The molecule has 0 amide bonds. The zero-order chi connectivity index (χ0) is 16.2. The number of piperazine rings is 1. The maximum absolute atomic E-state index is 8.98. The minimum Gasteiger partial charge on any atom is -0.354 e. The third-order valence-corrected chi connectivity index (χ3v) is 5.35. The van der Waals surface area contributed by atoms with Gasteiger partial charge in [0, 0.05) is 51.4 Å². The number of anilines is 1. The number of likely N-dealkylation sites (tertiary alicyclic amines) is 1. The van der Waals surface area contributed by atoms with Gasteiger partial charge in [0.05, 0.1) is 0 Å². The SMILES string of the molecule is CC1CCC(C)N1CCN1CCN(c2cccc(C#N)n2)CC1. The molecule has 23 heavy (non-hydrogen) atoms. The smallest absolute Gasteiger partial charge is 0.142 e. The van der Waals surface area contributed by atoms with Crippen molar-refractivity contribution in [2.45, 2.75) is 38.8 Å². The molecule has 0 saturated carbocycles. The van der Waals surface area contributed by atoms with Gasteiger partial charge in [-0.3, -0.25) is 9.80 Å². The van der Waals surface area contributed by atoms with Crippen molar-refractivity contribution in [2.75, 3.05) is 44.2 Å². The first kappa shape index (κ1) is 16.2. The van der Waals surface area contributed by atoms with E-state index >= 15 is 0 Å². The van der Waals surface area contributed by atoms with Crippen LogP contribution >= 0.6 is 0 Å². The summed E-state index contributed by atoms with van der Waals surface area (Å²) in [7, 11) is 0. The van der Waals surface area contributed by atoms with E-state index in [-0.39, 0.29) is 0 Å². The van der Waals surface area contributed by atoms with Gasteiger partial charge in [0.15, 0.2) is 0 Å². The van der Waals surface area contributed by atoms with E-state index in [1.54, 1.807) is 6.07 Å². The Bertz CT molecular complexity index is 549. The topological polar surface area (TPSA) is 46.4 Å². The molecule has 3 heterocycles. The first-order valence-electron chi connectivity index (χ1n) is 8.77. The molecule has 2 unspecified atom stereocenters. The van der Waals surface area contributed by atoms with Crippen LogP contribution in [-0.2, 0) is 0 Å². The molecular formula is C18H27N5. The number of rotatable bonds is 4. The van der Waals surface area contributed by atoms with Gasteiger partial charge in [-0.1, -0.05) is 6.07 Å². The monoisotopic (exact) mass is 313 g/mol. The van der Waals surface area contributed by atoms with E-state index in [0.29, 0.717) is 5.69 Å². The van der Waals surface area contributed by atoms with Gasteiger partial charge in [0.25, 0.3) is 0 Å². The summed E-state index contributed by atoms with van der Waals surface area (Å²) in [6.07, 6.45) is 2.69. The van der Waals surface area contributed by atoms with Crippen LogP contribution in [0.4, 0.5) is 5.82 Å². The average Bonchev–Trinajstić information content (AvgIpc) is 2.92. The lowest BCUT2D eigenvalue weighted by Crippen LogP contribution is -2.49. The molecule has 1 aromatic heterocycles. The second kappa shape index (κ2) is 7.29. The Hall–Kier alpha value is -1.64. The summed E-state index contributed by atoms with van der Waals surface area (Å²) in [5.74, 6) is 0.936. The molecule has 0 aromatic carbocycles. The molecule has 0 radical (unpaired) electrons. The molecule has 124 valence electrons. The predicted octanol–water partition coefficient (Wildman–Crippen LogP) is 1.95. The Balaban J connectivity index is 1.48. The Morgan fingerprint density at radius 2 is 1.78 bits per heavy atom. The van der Waals surface area contributed by atoms with Crippen LogP contribution in [-0.4, -0.2) is 66.1 Å². The van der Waals surface area contributed by atoms with E-state index in [1.807, 2.05) is 12.1 Å². The Labute approximate surface area is 139 Å². The summed E-state index contributed by atoms with van der Waals surface area (Å²) >= 11 is 0. The fraction of sp³-hybridized carbons (Fsp3) is 0.667. The molecule has 0 N–H and O–H groups in total. The predicted molar refractivity (Wildman–Crippen MR) is 92.5 cm³/mol. The number of aromatic nitrogens is 1. The number of nitriles is 1. The van der Waals surface area contributed by atoms with Gasteiger partial charge in [-0.15, -0.1) is 0 Å². The molecule has 0 bridgehead atoms. The van der Waals surface area contributed by atoms with Crippen molar-refractivity contribution < 1.29 is 0 Å². The Kier molecular flexibility index (Phi) is 5.14. The van der Waals surface area contributed by atoms with E-state index < -0.39 is 0 Å². The summed E-state index contributed by atoms with van der Waals surface area (Å²) in [6.45, 7) is 11.2. The van der Waals surface area contributed by atoms with Crippen LogP contribution in [0, 0.1) is 11.3 Å². The second-order valence-corrected chi connectivity index (χ2v) is 6.83. The Morgan fingerprint density at radius 1 is 1.09 bits per heavy atom. The summed E-state index contributed by atoms with van der Waals surface area (Å²) in [5.41, 5.74) is 0.502. The third-order valence-electron chi connectivity index (χ3n) is 5.35. The highest BCUT2D eigenvalue weighted by molar-refractivity contribution is 5.42. The first-order chi connectivity index (χ1) is 11.2. The Morgan fingerprint density at radius 3 is 2.43 bits per heavy atom. The molecule has 2 atom stereocenters. The molecule has 5 nitrogen and oxygen atoms in total. The average molecular weight is 313 g/mol. The second-order valence-electron chi connectivity index (χ2n) is 6.83. The highest BCUT2D eigenvalue weighted by Gasteiger charge is 2.27. The molecule has 2 aliphatic rings. The maximum atomic E-state index is 8.98. The van der Waals surface area contributed by atoms with Gasteiger partial charge < -0.3 is 4.90 Å². The van der Waals surface area contributed by atoms with Crippen molar-refractivity contribution >= 4 is 5.82 Å². The minimum atomic E-state index is 0.502. The van der Waals surface area contributed by atoms with Crippen LogP contribution in [0.15, 0.2) is 18.2 Å². The normalized spacial score (nSPS) is 26.4. The number of nitrogens with zero attached hydrogens (tertiary/aromatic N) is 5. The maximum Gasteiger partial charge on any atom is 0.142 e. The fourth-order valence-corrected chi connectivity index (χ4v) is 3.81. The van der Waals surface area contributed by atoms with E-state index in [2.05, 4.69) is 39.6 Å². The number of hydrogen-bond donors (Lipinski definition) is 0. The lowest BCUT2D eigenvalue weighted by Gasteiger charge is -2.37. The molecule has 2 fully saturated rings. The van der Waals surface area contributed by atoms with Crippen molar-refractivity contribution in [3.8, 4) is 6.07 Å². The fourth-order valence-electron chi connectivity index (χ4n) is 3.81. The molecule has 2 aliphatic heterocycles. The van der Waals surface area contributed by atoms with Crippen molar-refractivity contribution in [3.63, 3.8) is 0 Å². The van der Waals surface area contributed by atoms with E-state index in [9.17, 15) is 0 Å². The van der Waals surface area contributed by atoms with Crippen LogP contribution in [0.1, 0.15) is 32.4 Å². The zero-order valence-corrected chi connectivity index (χ0v) is 14.3. The summed E-state index contributed by atoms with van der Waals surface area (Å²) in [6, 6.07) is 9.29. The molecular weight excluding hydrogens is 286 g/mol. The van der Waals surface area contributed by atoms with Crippen LogP contribution in [0.2, 0.25) is 0 Å². The molecule has 0 spiro atoms. The first-order valence-corrected chi connectivity index (χ1v) is 8.77. The van der Waals surface area contributed by atoms with Gasteiger partial charge in [-0.05, 0) is 38.8 Å². The van der Waals surface area contributed by atoms with Crippen molar-refractivity contribution in [2.24, 2.45) is 0 Å². The van der Waals surface area contributed by atoms with E-state index in [4.69, 9.17) is 5.26 Å². The van der Waals surface area contributed by atoms with Gasteiger partial charge in [-0.2, -0.15) is 5.26 Å². The molecule has 3 rings (SSSR count). The zero-order valence-electron chi connectivity index (χ0n) is 14.3. The van der Waals surface area contributed by atoms with Crippen molar-refractivity contribution in [1.29, 1.82) is 5.26 Å². The number of hydrogen-bond acceptors (Lipinski definition) is 5. The van der Waals surface area contributed by atoms with Gasteiger partial charge >= 0.3 is 0 Å². The van der Waals surface area contributed by atoms with E-state index in [1.165, 1.54) is 19.4 Å². The minimum absolute atomic E-state index is 0.502. The summed E-state index contributed by atoms with van der Waals surface area (Å²) in [5, 5.41) is 8.98. The van der Waals surface area contributed by atoms with Crippen LogP contribution in [0.5, 0.6) is 0 Å². The molecule has 0 aliphatic carbocycles. The van der Waals surface area contributed by atoms with E-state index in [0.717, 1.165) is 50.6 Å². The standard InChI is InChI=1S/C18H27N5/c1-15-6-7-16(2)23(15)13-10-21-8-11-22(12-9-21)18-5-3-4-17(14-19)20-18/h3-5,15-16H,6-13H2,1-2H3. The number of pyridine rings is 1. The van der Waals surface area contributed by atoms with Gasteiger partial charge in [0.1, 0.15) is 17.6 Å². The van der Waals surface area contributed by atoms with Crippen LogP contribution in [0.25, 0.3) is 0 Å². The van der Waals surface area contributed by atoms with Gasteiger partial charge in [0.2, 0.25) is 0 Å². The van der Waals surface area contributed by atoms with Crippen molar-refractivity contribution in [1.82, 2.24) is 14.8 Å². The van der Waals surface area contributed by atoms with Gasteiger partial charge in [-0.25, -0.2) is 4.98 Å². The summed E-state index contributed by atoms with van der Waals surface area (Å²) < 4.78 is 0. The lowest BCUT2D eigenvalue weighted by molar-refractivity contribution is 0.165. The largest absolute Gasteiger partial charge is 0.354 e. The quantitative estimate of drug-likeness (QED) is 0.850. The lowest BCUT2D eigenvalue weighted by atomic mass is 10.2. The highest BCUT2D eigenvalue weighted by atomic mass is 15.3. The highest BCUT2D eigenvalue weighted by Crippen LogP contribution is 2.23. The molecule has 2 saturated heterocycles. The van der Waals surface area contributed by atoms with Crippen molar-refractivity contribution in [3.05, 3.63) is 23.9 Å². The van der Waals surface area contributed by atoms with Crippen LogP contribution < -0.4 is 4.90 Å². The third kappa shape index (κ3) is 3.82. The summed E-state index contributed by atoms with van der Waals surface area (Å²) in [4.78, 5) is 11.9. The molecule has 5 heteroatoms. The molecule has 1 aromatic rings. The van der Waals surface area contributed by atoms with Crippen LogP contribution in [0.3, 0.4) is 0 Å².